The van der Waals surface area contributed by atoms with Gasteiger partial charge in [0.15, 0.2) is 5.11 Å². The third-order valence-corrected chi connectivity index (χ3v) is 4.31. The maximum atomic E-state index is 12.2. The van der Waals surface area contributed by atoms with Gasteiger partial charge < -0.3 is 16.0 Å². The molecule has 0 aliphatic rings. The summed E-state index contributed by atoms with van der Waals surface area (Å²) in [5.74, 6) is -0.451. The van der Waals surface area contributed by atoms with Crippen molar-refractivity contribution < 1.29 is 4.79 Å². The largest absolute Gasteiger partial charge is 0.339 e. The van der Waals surface area contributed by atoms with E-state index in [1.807, 2.05) is 30.3 Å². The van der Waals surface area contributed by atoms with Crippen molar-refractivity contribution in [1.82, 2.24) is 10.6 Å². The summed E-state index contributed by atoms with van der Waals surface area (Å²) in [5, 5.41) is 8.94. The van der Waals surface area contributed by atoms with Crippen molar-refractivity contribution in [3.8, 4) is 0 Å². The van der Waals surface area contributed by atoms with Crippen LogP contribution in [0.25, 0.3) is 6.08 Å². The summed E-state index contributed by atoms with van der Waals surface area (Å²) in [7, 11) is 0. The highest BCUT2D eigenvalue weighted by Gasteiger charge is 2.34. The summed E-state index contributed by atoms with van der Waals surface area (Å²) >= 11 is 29.0. The van der Waals surface area contributed by atoms with Crippen molar-refractivity contribution in [1.29, 1.82) is 0 Å². The number of carbonyl (C=O) groups excluding carboxylic acids is 1. The molecule has 2 rings (SSSR count). The van der Waals surface area contributed by atoms with Gasteiger partial charge in [0.05, 0.1) is 0 Å². The topological polar surface area (TPSA) is 53.2 Å². The van der Waals surface area contributed by atoms with Gasteiger partial charge in [-0.15, -0.1) is 0 Å². The maximum absolute atomic E-state index is 12.2. The first-order valence-corrected chi connectivity index (χ1v) is 9.59. The summed E-state index contributed by atoms with van der Waals surface area (Å²) in [4.78, 5) is 12.2. The van der Waals surface area contributed by atoms with Crippen LogP contribution < -0.4 is 16.0 Å². The number of alkyl halides is 3. The van der Waals surface area contributed by atoms with Crippen molar-refractivity contribution >= 4 is 81.4 Å². The second kappa shape index (κ2) is 10.2. The van der Waals surface area contributed by atoms with Crippen LogP contribution in [0.2, 0.25) is 5.02 Å². The number of benzene rings is 2. The molecule has 3 N–H and O–H groups in total. The number of carbonyl (C=O) groups is 1. The number of hydrogen-bond donors (Lipinski definition) is 3. The first kappa shape index (κ1) is 21.8. The van der Waals surface area contributed by atoms with E-state index in [2.05, 4.69) is 16.0 Å². The Bertz CT molecular complexity index is 825. The molecule has 0 unspecified atom stereocenters. The van der Waals surface area contributed by atoms with Gasteiger partial charge in [-0.25, -0.2) is 0 Å². The molecule has 0 bridgehead atoms. The van der Waals surface area contributed by atoms with Crippen molar-refractivity contribution in [2.75, 3.05) is 5.32 Å². The molecule has 0 saturated carbocycles. The molecule has 0 fully saturated rings. The summed E-state index contributed by atoms with van der Waals surface area (Å²) in [5.41, 5.74) is 1.52. The van der Waals surface area contributed by atoms with Gasteiger partial charge in [-0.2, -0.15) is 0 Å². The van der Waals surface area contributed by atoms with E-state index in [0.717, 1.165) is 5.56 Å². The molecule has 1 atom stereocenters. The van der Waals surface area contributed by atoms with Crippen molar-refractivity contribution in [2.45, 2.75) is 9.96 Å². The molecule has 0 saturated heterocycles. The number of anilines is 1. The molecule has 27 heavy (non-hydrogen) atoms. The van der Waals surface area contributed by atoms with E-state index in [1.54, 1.807) is 30.3 Å². The van der Waals surface area contributed by atoms with Crippen LogP contribution >= 0.6 is 58.6 Å². The average molecular weight is 463 g/mol. The minimum absolute atomic E-state index is 0.154. The molecule has 0 radical (unpaired) electrons. The lowest BCUT2D eigenvalue weighted by Gasteiger charge is -2.27. The Balaban J connectivity index is 1.99. The molecule has 4 nitrogen and oxygen atoms in total. The van der Waals surface area contributed by atoms with Crippen LogP contribution in [0.3, 0.4) is 0 Å². The number of amides is 1. The van der Waals surface area contributed by atoms with Crippen LogP contribution in [-0.4, -0.2) is 21.0 Å². The van der Waals surface area contributed by atoms with Gasteiger partial charge in [0.1, 0.15) is 6.17 Å². The zero-order valence-corrected chi connectivity index (χ0v) is 17.6. The Morgan fingerprint density at radius 1 is 1.04 bits per heavy atom. The highest BCUT2D eigenvalue weighted by Crippen LogP contribution is 2.29. The molecule has 0 spiro atoms. The number of hydrogen-bond acceptors (Lipinski definition) is 2. The first-order chi connectivity index (χ1) is 12.7. The van der Waals surface area contributed by atoms with E-state index in [9.17, 15) is 4.79 Å². The van der Waals surface area contributed by atoms with Crippen molar-refractivity contribution in [3.05, 3.63) is 71.3 Å². The molecule has 9 heteroatoms. The highest BCUT2D eigenvalue weighted by molar-refractivity contribution is 7.80. The van der Waals surface area contributed by atoms with Gasteiger partial charge in [-0.1, -0.05) is 82.8 Å². The van der Waals surface area contributed by atoms with Gasteiger partial charge in [0.25, 0.3) is 0 Å². The van der Waals surface area contributed by atoms with Crippen molar-refractivity contribution in [2.24, 2.45) is 0 Å². The fourth-order valence-corrected chi connectivity index (χ4v) is 2.74. The number of rotatable bonds is 5. The van der Waals surface area contributed by atoms with Gasteiger partial charge in [-0.3, -0.25) is 4.79 Å². The van der Waals surface area contributed by atoms with Crippen LogP contribution in [0, 0.1) is 0 Å². The predicted octanol–water partition coefficient (Wildman–Crippen LogP) is 5.15. The van der Waals surface area contributed by atoms with Crippen LogP contribution in [0.5, 0.6) is 0 Å². The van der Waals surface area contributed by atoms with Crippen LogP contribution in [-0.2, 0) is 4.79 Å². The van der Waals surface area contributed by atoms with Crippen LogP contribution in [0.1, 0.15) is 5.56 Å². The third-order valence-electron chi connectivity index (χ3n) is 3.20. The van der Waals surface area contributed by atoms with E-state index < -0.39 is 15.9 Å². The minimum Gasteiger partial charge on any atom is -0.339 e. The summed E-state index contributed by atoms with van der Waals surface area (Å²) in [6, 6.07) is 16.3. The Labute approximate surface area is 182 Å². The lowest BCUT2D eigenvalue weighted by atomic mass is 10.2. The second-order valence-corrected chi connectivity index (χ2v) is 8.55. The average Bonchev–Trinajstić information content (AvgIpc) is 2.59. The predicted molar refractivity (Wildman–Crippen MR) is 119 cm³/mol. The molecular formula is C18H15Cl4N3OS. The lowest BCUT2D eigenvalue weighted by Crippen LogP contribution is -2.55. The van der Waals surface area contributed by atoms with E-state index in [0.29, 0.717) is 10.7 Å². The SMILES string of the molecule is O=C(/C=C\c1ccccc1)N[C@@H](NC(=S)Nc1cccc(Cl)c1)C(Cl)(Cl)Cl. The summed E-state index contributed by atoms with van der Waals surface area (Å²) in [6.45, 7) is 0. The van der Waals surface area contributed by atoms with Gasteiger partial charge in [0, 0.05) is 16.8 Å². The van der Waals surface area contributed by atoms with E-state index in [1.165, 1.54) is 6.08 Å². The van der Waals surface area contributed by atoms with Gasteiger partial charge >= 0.3 is 0 Å². The fourth-order valence-electron chi connectivity index (χ4n) is 1.99. The molecule has 1 amide bonds. The zero-order valence-electron chi connectivity index (χ0n) is 13.8. The highest BCUT2D eigenvalue weighted by atomic mass is 35.6. The molecular weight excluding hydrogens is 448 g/mol. The monoisotopic (exact) mass is 461 g/mol. The van der Waals surface area contributed by atoms with E-state index in [4.69, 9.17) is 58.6 Å². The Hall–Kier alpha value is -1.50. The molecule has 0 aliphatic heterocycles. The molecule has 2 aromatic carbocycles. The number of thiocarbonyl (C=S) groups is 1. The number of nitrogens with one attached hydrogen (secondary N) is 3. The summed E-state index contributed by atoms with van der Waals surface area (Å²) in [6.07, 6.45) is 1.93. The van der Waals surface area contributed by atoms with Gasteiger partial charge in [-0.05, 0) is 42.1 Å². The number of halogens is 4. The molecule has 0 heterocycles. The Kier molecular flexibility index (Phi) is 8.20. The molecule has 2 aromatic rings. The summed E-state index contributed by atoms with van der Waals surface area (Å²) < 4.78 is -1.84. The quantitative estimate of drug-likeness (QED) is 0.249. The first-order valence-electron chi connectivity index (χ1n) is 7.67. The Morgan fingerprint density at radius 2 is 1.74 bits per heavy atom. The van der Waals surface area contributed by atoms with E-state index >= 15 is 0 Å². The molecule has 0 aliphatic carbocycles. The third kappa shape index (κ3) is 7.95. The van der Waals surface area contributed by atoms with Crippen LogP contribution in [0.15, 0.2) is 60.7 Å². The van der Waals surface area contributed by atoms with Gasteiger partial charge in [0.2, 0.25) is 9.70 Å². The Morgan fingerprint density at radius 3 is 2.37 bits per heavy atom. The molecule has 0 aromatic heterocycles. The van der Waals surface area contributed by atoms with Crippen molar-refractivity contribution in [3.63, 3.8) is 0 Å². The lowest BCUT2D eigenvalue weighted by molar-refractivity contribution is -0.117. The standard InChI is InChI=1S/C18H15Cl4N3OS/c19-13-7-4-8-14(11-13)23-17(27)25-16(18(20,21)22)24-15(26)10-9-12-5-2-1-3-6-12/h1-11,16H,(H,24,26)(H2,23,25,27)/b10-9-/t16-/m0/s1. The molecule has 142 valence electrons. The maximum Gasteiger partial charge on any atom is 0.245 e. The minimum atomic E-state index is -1.84. The normalized spacial score (nSPS) is 12.4. The second-order valence-electron chi connectivity index (χ2n) is 5.34. The van der Waals surface area contributed by atoms with Crippen LogP contribution in [0.4, 0.5) is 5.69 Å². The smallest absolute Gasteiger partial charge is 0.245 e. The van der Waals surface area contributed by atoms with E-state index in [-0.39, 0.29) is 5.11 Å². The fraction of sp³-hybridized carbons (Fsp3) is 0.111. The zero-order chi connectivity index (χ0) is 19.9.